The van der Waals surface area contributed by atoms with Gasteiger partial charge in [-0.2, -0.15) is 5.10 Å². The van der Waals surface area contributed by atoms with E-state index in [9.17, 15) is 9.18 Å². The van der Waals surface area contributed by atoms with Crippen LogP contribution >= 0.6 is 0 Å². The lowest BCUT2D eigenvalue weighted by atomic mass is 9.93. The maximum absolute atomic E-state index is 14.7. The van der Waals surface area contributed by atoms with Crippen LogP contribution in [-0.2, 0) is 4.79 Å². The molecule has 3 unspecified atom stereocenters. The van der Waals surface area contributed by atoms with Gasteiger partial charge < -0.3 is 15.6 Å². The average molecular weight is 524 g/mol. The Morgan fingerprint density at radius 2 is 1.92 bits per heavy atom. The first-order chi connectivity index (χ1) is 19.1. The molecular weight excluding hydrogens is 497 g/mol. The van der Waals surface area contributed by atoms with Crippen LogP contribution in [0.25, 0.3) is 16.8 Å². The van der Waals surface area contributed by atoms with E-state index in [1.165, 1.54) is 11.1 Å². The second-order valence-corrected chi connectivity index (χ2v) is 9.81. The zero-order valence-corrected chi connectivity index (χ0v) is 21.0. The van der Waals surface area contributed by atoms with Gasteiger partial charge in [0.1, 0.15) is 5.82 Å². The molecule has 1 aromatic carbocycles. The number of H-pyrrole nitrogens is 1. The van der Waals surface area contributed by atoms with Crippen molar-refractivity contribution in [3.05, 3.63) is 72.8 Å². The van der Waals surface area contributed by atoms with Crippen molar-refractivity contribution in [2.45, 2.75) is 37.5 Å². The maximum Gasteiger partial charge on any atom is 0.260 e. The standard InChI is InChI=1S/C28H26FN9O/c29-20-9-13-37-24(20)27(39)38(18-6-2-1-3-7-18)26(35-37)22-10-12-36(22)21-8-4-5-11-31-25-23(21)19(16-32-25)17-14-33-28(30)34-15-17/h1-3,6-9,11,13-16,20,22,24,32H,4-5,10,12H2,(H2,30,33,34). The van der Waals surface area contributed by atoms with Crippen LogP contribution in [0.3, 0.4) is 0 Å². The molecule has 0 spiro atoms. The number of hydrogen-bond donors (Lipinski definition) is 2. The monoisotopic (exact) mass is 523 g/mol. The first-order valence-electron chi connectivity index (χ1n) is 13.0. The summed E-state index contributed by atoms with van der Waals surface area (Å²) in [5, 5.41) is 6.30. The van der Waals surface area contributed by atoms with E-state index < -0.39 is 12.2 Å². The van der Waals surface area contributed by atoms with E-state index in [1.54, 1.807) is 23.5 Å². The van der Waals surface area contributed by atoms with Crippen molar-refractivity contribution in [3.63, 3.8) is 0 Å². The summed E-state index contributed by atoms with van der Waals surface area (Å²) in [6, 6.07) is 8.15. The number of rotatable bonds is 4. The number of aromatic nitrogens is 3. The summed E-state index contributed by atoms with van der Waals surface area (Å²) in [6.45, 7) is 0.767. The number of halogens is 1. The Morgan fingerprint density at radius 3 is 2.69 bits per heavy atom. The summed E-state index contributed by atoms with van der Waals surface area (Å²) >= 11 is 0. The van der Waals surface area contributed by atoms with Gasteiger partial charge in [0.2, 0.25) is 5.95 Å². The molecule has 3 aromatic rings. The van der Waals surface area contributed by atoms with Crippen molar-refractivity contribution in [3.8, 4) is 11.1 Å². The smallest absolute Gasteiger partial charge is 0.260 e. The predicted octanol–water partition coefficient (Wildman–Crippen LogP) is 3.86. The normalized spacial score (nSPS) is 24.0. The van der Waals surface area contributed by atoms with Gasteiger partial charge in [0.25, 0.3) is 5.91 Å². The number of alkyl halides is 1. The molecule has 1 amide bonds. The summed E-state index contributed by atoms with van der Waals surface area (Å²) in [5.74, 6) is 1.20. The highest BCUT2D eigenvalue weighted by Crippen LogP contribution is 2.43. The zero-order chi connectivity index (χ0) is 26.5. The second-order valence-electron chi connectivity index (χ2n) is 9.81. The van der Waals surface area contributed by atoms with Gasteiger partial charge in [0.05, 0.1) is 11.7 Å². The van der Waals surface area contributed by atoms with Crippen LogP contribution in [0.4, 0.5) is 21.8 Å². The number of anilines is 2. The number of nitrogens with two attached hydrogens (primary N) is 1. The molecule has 6 heterocycles. The van der Waals surface area contributed by atoms with Gasteiger partial charge in [-0.15, -0.1) is 0 Å². The zero-order valence-electron chi connectivity index (χ0n) is 21.0. The molecule has 0 bridgehead atoms. The SMILES string of the molecule is Nc1ncc(-c2c[nH]c3c2C(N2CCC2C2=NN4C=CC(F)C4C(=O)N2c2ccccc2)=CCCC=N3)cn1. The Kier molecular flexibility index (Phi) is 5.50. The van der Waals surface area contributed by atoms with Gasteiger partial charge in [0, 0.05) is 59.9 Å². The van der Waals surface area contributed by atoms with Gasteiger partial charge in [-0.3, -0.25) is 14.7 Å². The molecule has 4 aliphatic heterocycles. The van der Waals surface area contributed by atoms with Crippen molar-refractivity contribution < 1.29 is 9.18 Å². The minimum atomic E-state index is -1.41. The Hall–Kier alpha value is -4.80. The number of benzene rings is 1. The lowest BCUT2D eigenvalue weighted by Crippen LogP contribution is -2.63. The maximum atomic E-state index is 14.7. The molecule has 1 fully saturated rings. The van der Waals surface area contributed by atoms with E-state index in [0.717, 1.165) is 54.0 Å². The number of aromatic amines is 1. The first kappa shape index (κ1) is 23.3. The summed E-state index contributed by atoms with van der Waals surface area (Å²) in [7, 11) is 0. The van der Waals surface area contributed by atoms with Crippen molar-refractivity contribution in [2.24, 2.45) is 10.1 Å². The third kappa shape index (κ3) is 3.80. The minimum Gasteiger partial charge on any atom is -0.368 e. The number of carbonyl (C=O) groups excluding carboxylic acids is 1. The largest absolute Gasteiger partial charge is 0.368 e. The number of allylic oxidation sites excluding steroid dienone is 1. The van der Waals surface area contributed by atoms with Crippen LogP contribution in [-0.4, -0.2) is 67.6 Å². The Labute approximate surface area is 224 Å². The summed E-state index contributed by atoms with van der Waals surface area (Å²) in [4.78, 5) is 33.9. The molecule has 10 nitrogen and oxygen atoms in total. The van der Waals surface area contributed by atoms with Crippen molar-refractivity contribution in [1.82, 2.24) is 24.9 Å². The van der Waals surface area contributed by atoms with Gasteiger partial charge >= 0.3 is 0 Å². The summed E-state index contributed by atoms with van der Waals surface area (Å²) in [6.07, 6.45) is 13.4. The molecule has 7 rings (SSSR count). The van der Waals surface area contributed by atoms with Crippen molar-refractivity contribution in [2.75, 3.05) is 17.2 Å². The second kappa shape index (κ2) is 9.19. The average Bonchev–Trinajstić information content (AvgIpc) is 3.50. The fourth-order valence-electron chi connectivity index (χ4n) is 5.56. The van der Waals surface area contributed by atoms with Gasteiger partial charge in [-0.1, -0.05) is 24.3 Å². The predicted molar refractivity (Wildman–Crippen MR) is 148 cm³/mol. The van der Waals surface area contributed by atoms with Crippen LogP contribution in [0.1, 0.15) is 24.8 Å². The van der Waals surface area contributed by atoms with Crippen molar-refractivity contribution >= 4 is 41.1 Å². The highest BCUT2D eigenvalue weighted by molar-refractivity contribution is 6.22. The van der Waals surface area contributed by atoms with E-state index >= 15 is 0 Å². The Morgan fingerprint density at radius 1 is 1.10 bits per heavy atom. The number of para-hydroxylation sites is 1. The number of hydrazone groups is 1. The number of nitrogens with zero attached hydrogens (tertiary/aromatic N) is 7. The third-order valence-corrected chi connectivity index (χ3v) is 7.52. The molecule has 3 N–H and O–H groups in total. The Balaban J connectivity index is 1.31. The Bertz CT molecular complexity index is 1540. The first-order valence-corrected chi connectivity index (χ1v) is 13.0. The van der Waals surface area contributed by atoms with E-state index in [4.69, 9.17) is 15.8 Å². The van der Waals surface area contributed by atoms with Gasteiger partial charge in [-0.25, -0.2) is 19.4 Å². The number of carbonyl (C=O) groups is 1. The number of nitrogen functional groups attached to an aromatic ring is 1. The number of hydrogen-bond acceptors (Lipinski definition) is 8. The molecule has 0 radical (unpaired) electrons. The molecule has 4 aliphatic rings. The van der Waals surface area contributed by atoms with E-state index in [-0.39, 0.29) is 17.9 Å². The third-order valence-electron chi connectivity index (χ3n) is 7.52. The quantitative estimate of drug-likeness (QED) is 0.536. The number of amides is 1. The van der Waals surface area contributed by atoms with E-state index in [1.807, 2.05) is 42.7 Å². The molecule has 39 heavy (non-hydrogen) atoms. The molecule has 0 aliphatic carbocycles. The van der Waals surface area contributed by atoms with Crippen LogP contribution in [0.15, 0.2) is 77.4 Å². The molecule has 196 valence electrons. The lowest BCUT2D eigenvalue weighted by molar-refractivity contribution is -0.123. The van der Waals surface area contributed by atoms with Crippen LogP contribution in [0.2, 0.25) is 0 Å². The van der Waals surface area contributed by atoms with Crippen LogP contribution in [0, 0.1) is 0 Å². The number of likely N-dealkylation sites (tertiary alicyclic amines) is 1. The van der Waals surface area contributed by atoms with Gasteiger partial charge in [0.15, 0.2) is 18.0 Å². The van der Waals surface area contributed by atoms with Gasteiger partial charge in [-0.05, 0) is 37.5 Å². The number of nitrogens with one attached hydrogen (secondary N) is 1. The molecule has 0 saturated carbocycles. The molecule has 2 aromatic heterocycles. The molecular formula is C28H26FN9O. The molecule has 1 saturated heterocycles. The number of aliphatic imine (C=N–C) groups is 1. The van der Waals surface area contributed by atoms with Crippen LogP contribution in [0.5, 0.6) is 0 Å². The van der Waals surface area contributed by atoms with E-state index in [2.05, 4.69) is 25.9 Å². The highest BCUT2D eigenvalue weighted by Gasteiger charge is 2.49. The minimum absolute atomic E-state index is 0.199. The van der Waals surface area contributed by atoms with E-state index in [0.29, 0.717) is 11.5 Å². The topological polar surface area (TPSA) is 119 Å². The number of fused-ring (bicyclic) bond motifs is 2. The van der Waals surface area contributed by atoms with Crippen LogP contribution < -0.4 is 10.6 Å². The summed E-state index contributed by atoms with van der Waals surface area (Å²) < 4.78 is 14.7. The molecule has 11 heteroatoms. The summed E-state index contributed by atoms with van der Waals surface area (Å²) in [5.41, 5.74) is 10.1. The lowest BCUT2D eigenvalue weighted by Gasteiger charge is -2.48. The fourth-order valence-corrected chi connectivity index (χ4v) is 5.56. The highest BCUT2D eigenvalue weighted by atomic mass is 19.1. The fraction of sp³-hybridized carbons (Fsp3) is 0.250. The number of amidine groups is 1. The van der Waals surface area contributed by atoms with Crippen molar-refractivity contribution in [1.29, 1.82) is 0 Å². The molecule has 3 atom stereocenters.